The molecule has 1 aliphatic rings. The highest BCUT2D eigenvalue weighted by Crippen LogP contribution is 2.25. The van der Waals surface area contributed by atoms with Crippen molar-refractivity contribution in [1.29, 1.82) is 0 Å². The maximum absolute atomic E-state index is 12.4. The molecule has 1 fully saturated rings. The zero-order valence-electron chi connectivity index (χ0n) is 13.7. The van der Waals surface area contributed by atoms with Gasteiger partial charge in [0, 0.05) is 43.9 Å². The average Bonchev–Trinajstić information content (AvgIpc) is 3.04. The quantitative estimate of drug-likeness (QED) is 0.880. The first-order valence-electron chi connectivity index (χ1n) is 8.05. The van der Waals surface area contributed by atoms with Crippen molar-refractivity contribution in [2.45, 2.75) is 13.0 Å². The van der Waals surface area contributed by atoms with Gasteiger partial charge in [-0.15, -0.1) is 0 Å². The van der Waals surface area contributed by atoms with E-state index < -0.39 is 6.43 Å². The highest BCUT2D eigenvalue weighted by Gasteiger charge is 2.21. The van der Waals surface area contributed by atoms with Gasteiger partial charge >= 0.3 is 0 Å². The number of ether oxygens (including phenoxy) is 1. The molecule has 0 bridgehead atoms. The summed E-state index contributed by atoms with van der Waals surface area (Å²) in [4.78, 5) is 4.10. The zero-order valence-corrected chi connectivity index (χ0v) is 13.7. The van der Waals surface area contributed by atoms with Crippen molar-refractivity contribution in [2.75, 3.05) is 39.8 Å². The van der Waals surface area contributed by atoms with E-state index in [1.807, 2.05) is 35.4 Å². The summed E-state index contributed by atoms with van der Waals surface area (Å²) in [6, 6.07) is 7.83. The van der Waals surface area contributed by atoms with Gasteiger partial charge in [-0.05, 0) is 24.3 Å². The van der Waals surface area contributed by atoms with Gasteiger partial charge in [0.25, 0.3) is 6.43 Å². The van der Waals surface area contributed by atoms with E-state index in [-0.39, 0.29) is 6.54 Å². The summed E-state index contributed by atoms with van der Waals surface area (Å²) < 4.78 is 30.1. The molecule has 7 heteroatoms. The standard InChI is InChI=1S/C17H22F2N4O/c1-24-15-4-2-13(3-5-15)17-14(10-20-21-17)11-22-6-8-23(9-7-22)12-16(18)19/h2-5,10,16H,6-9,11-12H2,1H3,(H,20,21). The van der Waals surface area contributed by atoms with Gasteiger partial charge in [0.05, 0.1) is 25.5 Å². The van der Waals surface area contributed by atoms with E-state index in [0.29, 0.717) is 13.1 Å². The molecule has 2 heterocycles. The molecule has 1 saturated heterocycles. The Morgan fingerprint density at radius 2 is 1.79 bits per heavy atom. The number of aromatic amines is 1. The second kappa shape index (κ2) is 7.72. The van der Waals surface area contributed by atoms with E-state index in [1.165, 1.54) is 0 Å². The fourth-order valence-corrected chi connectivity index (χ4v) is 3.00. The molecule has 0 amide bonds. The van der Waals surface area contributed by atoms with Crippen LogP contribution in [0, 0.1) is 0 Å². The van der Waals surface area contributed by atoms with Crippen molar-refractivity contribution in [3.05, 3.63) is 36.0 Å². The summed E-state index contributed by atoms with van der Waals surface area (Å²) in [7, 11) is 1.64. The van der Waals surface area contributed by atoms with Crippen molar-refractivity contribution in [2.24, 2.45) is 0 Å². The molecule has 1 aliphatic heterocycles. The number of alkyl halides is 2. The van der Waals surface area contributed by atoms with Crippen LogP contribution in [-0.4, -0.2) is 66.3 Å². The lowest BCUT2D eigenvalue weighted by molar-refractivity contribution is 0.0544. The number of rotatable bonds is 6. The molecule has 1 aromatic carbocycles. The molecule has 1 N–H and O–H groups in total. The average molecular weight is 336 g/mol. The normalized spacial score (nSPS) is 16.7. The number of methoxy groups -OCH3 is 1. The highest BCUT2D eigenvalue weighted by molar-refractivity contribution is 5.63. The first kappa shape index (κ1) is 16.9. The first-order valence-corrected chi connectivity index (χ1v) is 8.05. The van der Waals surface area contributed by atoms with Gasteiger partial charge in [-0.3, -0.25) is 14.9 Å². The van der Waals surface area contributed by atoms with Gasteiger partial charge in [0.2, 0.25) is 0 Å². The molecule has 0 aliphatic carbocycles. The number of aromatic nitrogens is 2. The number of H-pyrrole nitrogens is 1. The van der Waals surface area contributed by atoms with E-state index >= 15 is 0 Å². The maximum atomic E-state index is 12.4. The van der Waals surface area contributed by atoms with Crippen molar-refractivity contribution < 1.29 is 13.5 Å². The largest absolute Gasteiger partial charge is 0.497 e. The molecule has 0 atom stereocenters. The lowest BCUT2D eigenvalue weighted by Gasteiger charge is -2.34. The Balaban J connectivity index is 1.62. The van der Waals surface area contributed by atoms with E-state index in [0.717, 1.165) is 42.2 Å². The van der Waals surface area contributed by atoms with E-state index in [9.17, 15) is 8.78 Å². The number of benzene rings is 1. The van der Waals surface area contributed by atoms with Crippen LogP contribution in [0.3, 0.4) is 0 Å². The van der Waals surface area contributed by atoms with Crippen LogP contribution in [0.1, 0.15) is 5.56 Å². The van der Waals surface area contributed by atoms with Crippen LogP contribution in [0.15, 0.2) is 30.5 Å². The predicted molar refractivity (Wildman–Crippen MR) is 88.3 cm³/mol. The molecule has 3 rings (SSSR count). The fraction of sp³-hybridized carbons (Fsp3) is 0.471. The number of hydrogen-bond acceptors (Lipinski definition) is 4. The zero-order chi connectivity index (χ0) is 16.9. The molecule has 0 spiro atoms. The Labute approximate surface area is 140 Å². The van der Waals surface area contributed by atoms with Crippen LogP contribution in [-0.2, 0) is 6.54 Å². The van der Waals surface area contributed by atoms with E-state index in [2.05, 4.69) is 15.1 Å². The van der Waals surface area contributed by atoms with Crippen molar-refractivity contribution in [1.82, 2.24) is 20.0 Å². The third kappa shape index (κ3) is 4.10. The summed E-state index contributed by atoms with van der Waals surface area (Å²) in [5.74, 6) is 0.815. The Hall–Kier alpha value is -1.99. The summed E-state index contributed by atoms with van der Waals surface area (Å²) in [6.07, 6.45) is -0.419. The van der Waals surface area contributed by atoms with E-state index in [1.54, 1.807) is 7.11 Å². The lowest BCUT2D eigenvalue weighted by Crippen LogP contribution is -2.47. The van der Waals surface area contributed by atoms with Crippen LogP contribution >= 0.6 is 0 Å². The lowest BCUT2D eigenvalue weighted by atomic mass is 10.1. The number of nitrogens with one attached hydrogen (secondary N) is 1. The minimum atomic E-state index is -2.26. The minimum absolute atomic E-state index is 0.128. The van der Waals surface area contributed by atoms with Gasteiger partial charge in [-0.25, -0.2) is 8.78 Å². The molecular weight excluding hydrogens is 314 g/mol. The Morgan fingerprint density at radius 1 is 1.12 bits per heavy atom. The number of piperazine rings is 1. The molecule has 0 radical (unpaired) electrons. The van der Waals surface area contributed by atoms with Crippen LogP contribution in [0.25, 0.3) is 11.3 Å². The second-order valence-corrected chi connectivity index (χ2v) is 5.97. The second-order valence-electron chi connectivity index (χ2n) is 5.97. The van der Waals surface area contributed by atoms with E-state index in [4.69, 9.17) is 4.74 Å². The Kier molecular flexibility index (Phi) is 5.42. The molecule has 130 valence electrons. The first-order chi connectivity index (χ1) is 11.7. The van der Waals surface area contributed by atoms with Gasteiger partial charge in [-0.2, -0.15) is 5.10 Å². The summed E-state index contributed by atoms with van der Waals surface area (Å²) in [5, 5.41) is 7.23. The maximum Gasteiger partial charge on any atom is 0.251 e. The number of halogens is 2. The molecule has 24 heavy (non-hydrogen) atoms. The Morgan fingerprint density at radius 3 is 2.42 bits per heavy atom. The number of nitrogens with zero attached hydrogens (tertiary/aromatic N) is 3. The molecule has 2 aromatic rings. The van der Waals surface area contributed by atoms with Crippen molar-refractivity contribution >= 4 is 0 Å². The Bertz CT molecular complexity index is 636. The fourth-order valence-electron chi connectivity index (χ4n) is 3.00. The molecule has 5 nitrogen and oxygen atoms in total. The monoisotopic (exact) mass is 336 g/mol. The van der Waals surface area contributed by atoms with Crippen LogP contribution in [0.5, 0.6) is 5.75 Å². The summed E-state index contributed by atoms with van der Waals surface area (Å²) >= 11 is 0. The molecule has 0 unspecified atom stereocenters. The highest BCUT2D eigenvalue weighted by atomic mass is 19.3. The van der Waals surface area contributed by atoms with Gasteiger partial charge < -0.3 is 4.74 Å². The molecular formula is C17H22F2N4O. The van der Waals surface area contributed by atoms with Crippen LogP contribution < -0.4 is 4.74 Å². The third-order valence-corrected chi connectivity index (χ3v) is 4.35. The molecule has 1 aromatic heterocycles. The topological polar surface area (TPSA) is 44.4 Å². The van der Waals surface area contributed by atoms with Crippen LogP contribution in [0.2, 0.25) is 0 Å². The van der Waals surface area contributed by atoms with Gasteiger partial charge in [-0.1, -0.05) is 0 Å². The predicted octanol–water partition coefficient (Wildman–Crippen LogP) is 2.47. The van der Waals surface area contributed by atoms with Gasteiger partial charge in [0.1, 0.15) is 5.75 Å². The van der Waals surface area contributed by atoms with Crippen molar-refractivity contribution in [3.63, 3.8) is 0 Å². The minimum Gasteiger partial charge on any atom is -0.497 e. The third-order valence-electron chi connectivity index (χ3n) is 4.35. The number of hydrogen-bond donors (Lipinski definition) is 1. The summed E-state index contributed by atoms with van der Waals surface area (Å²) in [6.45, 7) is 3.58. The van der Waals surface area contributed by atoms with Gasteiger partial charge in [0.15, 0.2) is 0 Å². The SMILES string of the molecule is COc1ccc(-c2[nH]ncc2CN2CCN(CC(F)F)CC2)cc1. The molecule has 0 saturated carbocycles. The smallest absolute Gasteiger partial charge is 0.251 e. The summed E-state index contributed by atoms with van der Waals surface area (Å²) in [5.41, 5.74) is 3.16. The van der Waals surface area contributed by atoms with Crippen molar-refractivity contribution in [3.8, 4) is 17.0 Å². The van der Waals surface area contributed by atoms with Crippen LogP contribution in [0.4, 0.5) is 8.78 Å².